The van der Waals surface area contributed by atoms with Gasteiger partial charge in [-0.15, -0.1) is 0 Å². The van der Waals surface area contributed by atoms with E-state index < -0.39 is 0 Å². The molecular weight excluding hydrogens is 246 g/mol. The van der Waals surface area contributed by atoms with Crippen LogP contribution in [0.1, 0.15) is 24.9 Å². The van der Waals surface area contributed by atoms with Crippen LogP contribution in [0.4, 0.5) is 0 Å². The second-order valence-corrected chi connectivity index (χ2v) is 5.74. The van der Waals surface area contributed by atoms with Crippen molar-refractivity contribution in [2.75, 3.05) is 25.7 Å². The van der Waals surface area contributed by atoms with Crippen molar-refractivity contribution in [3.8, 4) is 11.5 Å². The molecule has 0 aliphatic carbocycles. The number of rotatable bonds is 3. The van der Waals surface area contributed by atoms with Crippen LogP contribution in [0.15, 0.2) is 18.2 Å². The van der Waals surface area contributed by atoms with E-state index >= 15 is 0 Å². The zero-order chi connectivity index (χ0) is 13.0. The average molecular weight is 267 g/mol. The molecule has 1 aliphatic heterocycles. The topological polar surface area (TPSA) is 30.5 Å². The number of ether oxygens (including phenoxy) is 2. The Balaban J connectivity index is 2.28. The fourth-order valence-corrected chi connectivity index (χ4v) is 3.43. The average Bonchev–Trinajstić information content (AvgIpc) is 2.62. The first kappa shape index (κ1) is 13.6. The van der Waals surface area contributed by atoms with E-state index in [0.29, 0.717) is 12.1 Å². The molecule has 1 aromatic rings. The summed E-state index contributed by atoms with van der Waals surface area (Å²) in [6, 6.07) is 6.87. The predicted octanol–water partition coefficient (Wildman–Crippen LogP) is 2.86. The molecule has 1 fully saturated rings. The van der Waals surface area contributed by atoms with Gasteiger partial charge in [0.2, 0.25) is 0 Å². The van der Waals surface area contributed by atoms with E-state index in [4.69, 9.17) is 9.47 Å². The van der Waals surface area contributed by atoms with Crippen LogP contribution in [0, 0.1) is 0 Å². The SMILES string of the molecule is COc1ccc(OC)c(C2CSCCC(C)N2)c1. The van der Waals surface area contributed by atoms with Gasteiger partial charge in [-0.2, -0.15) is 11.8 Å². The zero-order valence-electron chi connectivity index (χ0n) is 11.2. The van der Waals surface area contributed by atoms with Gasteiger partial charge >= 0.3 is 0 Å². The van der Waals surface area contributed by atoms with E-state index in [2.05, 4.69) is 18.3 Å². The Morgan fingerprint density at radius 1 is 1.28 bits per heavy atom. The van der Waals surface area contributed by atoms with Crippen LogP contribution in [-0.2, 0) is 0 Å². The minimum Gasteiger partial charge on any atom is -0.497 e. The lowest BCUT2D eigenvalue weighted by molar-refractivity contribution is 0.388. The molecule has 0 saturated carbocycles. The molecule has 0 bridgehead atoms. The summed E-state index contributed by atoms with van der Waals surface area (Å²) in [6.07, 6.45) is 1.22. The molecule has 1 N–H and O–H groups in total. The second kappa shape index (κ2) is 6.34. The Morgan fingerprint density at radius 3 is 2.83 bits per heavy atom. The van der Waals surface area contributed by atoms with Crippen molar-refractivity contribution >= 4 is 11.8 Å². The highest BCUT2D eigenvalue weighted by Crippen LogP contribution is 2.33. The molecule has 2 rings (SSSR count). The van der Waals surface area contributed by atoms with Gasteiger partial charge < -0.3 is 14.8 Å². The van der Waals surface area contributed by atoms with Gasteiger partial charge in [0, 0.05) is 23.4 Å². The quantitative estimate of drug-likeness (QED) is 0.912. The minimum atomic E-state index is 0.331. The van der Waals surface area contributed by atoms with Crippen LogP contribution in [0.2, 0.25) is 0 Å². The van der Waals surface area contributed by atoms with Crippen LogP contribution in [0.25, 0.3) is 0 Å². The fraction of sp³-hybridized carbons (Fsp3) is 0.571. The van der Waals surface area contributed by atoms with Crippen LogP contribution < -0.4 is 14.8 Å². The maximum absolute atomic E-state index is 5.47. The van der Waals surface area contributed by atoms with Crippen LogP contribution in [0.5, 0.6) is 11.5 Å². The predicted molar refractivity (Wildman–Crippen MR) is 76.8 cm³/mol. The molecule has 1 heterocycles. The molecule has 3 nitrogen and oxygen atoms in total. The molecule has 0 spiro atoms. The Kier molecular flexibility index (Phi) is 4.78. The molecule has 0 aromatic heterocycles. The number of nitrogens with one attached hydrogen (secondary N) is 1. The van der Waals surface area contributed by atoms with Crippen molar-refractivity contribution in [1.29, 1.82) is 0 Å². The van der Waals surface area contributed by atoms with E-state index in [0.717, 1.165) is 17.3 Å². The van der Waals surface area contributed by atoms with E-state index in [-0.39, 0.29) is 0 Å². The lowest BCUT2D eigenvalue weighted by Crippen LogP contribution is -2.30. The second-order valence-electron chi connectivity index (χ2n) is 4.59. The monoisotopic (exact) mass is 267 g/mol. The van der Waals surface area contributed by atoms with Crippen molar-refractivity contribution in [3.05, 3.63) is 23.8 Å². The van der Waals surface area contributed by atoms with Crippen molar-refractivity contribution in [1.82, 2.24) is 5.32 Å². The standard InChI is InChI=1S/C14H21NO2S/c1-10-6-7-18-9-13(15-10)12-8-11(16-2)4-5-14(12)17-3/h4-5,8,10,13,15H,6-7,9H2,1-3H3. The Hall–Kier alpha value is -0.870. The zero-order valence-corrected chi connectivity index (χ0v) is 12.0. The van der Waals surface area contributed by atoms with Gasteiger partial charge in [-0.1, -0.05) is 0 Å². The molecule has 4 heteroatoms. The van der Waals surface area contributed by atoms with Gasteiger partial charge in [0.15, 0.2) is 0 Å². The Bertz CT molecular complexity index is 397. The summed E-state index contributed by atoms with van der Waals surface area (Å²) < 4.78 is 10.8. The highest BCUT2D eigenvalue weighted by Gasteiger charge is 2.21. The molecule has 1 saturated heterocycles. The highest BCUT2D eigenvalue weighted by atomic mass is 32.2. The first-order valence-electron chi connectivity index (χ1n) is 6.30. The molecule has 1 aromatic carbocycles. The van der Waals surface area contributed by atoms with Crippen molar-refractivity contribution in [3.63, 3.8) is 0 Å². The fourth-order valence-electron chi connectivity index (χ4n) is 2.23. The number of hydrogen-bond donors (Lipinski definition) is 1. The highest BCUT2D eigenvalue weighted by molar-refractivity contribution is 7.99. The van der Waals surface area contributed by atoms with Crippen molar-refractivity contribution < 1.29 is 9.47 Å². The Morgan fingerprint density at radius 2 is 2.11 bits per heavy atom. The van der Waals surface area contributed by atoms with E-state index in [9.17, 15) is 0 Å². The largest absolute Gasteiger partial charge is 0.497 e. The van der Waals surface area contributed by atoms with Crippen LogP contribution in [0.3, 0.4) is 0 Å². The summed E-state index contributed by atoms with van der Waals surface area (Å²) in [4.78, 5) is 0. The van der Waals surface area contributed by atoms with Crippen LogP contribution in [-0.4, -0.2) is 31.8 Å². The molecule has 100 valence electrons. The number of hydrogen-bond acceptors (Lipinski definition) is 4. The summed E-state index contributed by atoms with van der Waals surface area (Å²) in [5.74, 6) is 4.11. The van der Waals surface area contributed by atoms with Gasteiger partial charge in [-0.3, -0.25) is 0 Å². The molecule has 0 radical (unpaired) electrons. The van der Waals surface area contributed by atoms with Gasteiger partial charge in [-0.25, -0.2) is 0 Å². The number of methoxy groups -OCH3 is 2. The first-order chi connectivity index (χ1) is 8.74. The first-order valence-corrected chi connectivity index (χ1v) is 7.45. The minimum absolute atomic E-state index is 0.331. The molecule has 2 unspecified atom stereocenters. The number of benzene rings is 1. The summed E-state index contributed by atoms with van der Waals surface area (Å²) >= 11 is 2.00. The molecule has 0 amide bonds. The van der Waals surface area contributed by atoms with E-state index in [1.165, 1.54) is 17.7 Å². The van der Waals surface area contributed by atoms with Gasteiger partial charge in [0.25, 0.3) is 0 Å². The normalized spacial score (nSPS) is 24.4. The lowest BCUT2D eigenvalue weighted by atomic mass is 10.1. The molecule has 18 heavy (non-hydrogen) atoms. The van der Waals surface area contributed by atoms with Gasteiger partial charge in [-0.05, 0) is 37.3 Å². The Labute approximate surface area is 113 Å². The van der Waals surface area contributed by atoms with Crippen molar-refractivity contribution in [2.24, 2.45) is 0 Å². The summed E-state index contributed by atoms with van der Waals surface area (Å²) in [7, 11) is 3.42. The van der Waals surface area contributed by atoms with Crippen molar-refractivity contribution in [2.45, 2.75) is 25.4 Å². The van der Waals surface area contributed by atoms with Gasteiger partial charge in [0.05, 0.1) is 14.2 Å². The molecule has 2 atom stereocenters. The summed E-state index contributed by atoms with van der Waals surface area (Å²) in [5, 5.41) is 3.66. The number of thioether (sulfide) groups is 1. The smallest absolute Gasteiger partial charge is 0.123 e. The third kappa shape index (κ3) is 3.12. The molecular formula is C14H21NO2S. The third-order valence-corrected chi connectivity index (χ3v) is 4.37. The summed E-state index contributed by atoms with van der Waals surface area (Å²) in [6.45, 7) is 2.24. The van der Waals surface area contributed by atoms with E-state index in [1.807, 2.05) is 23.9 Å². The maximum atomic E-state index is 5.47. The van der Waals surface area contributed by atoms with Gasteiger partial charge in [0.1, 0.15) is 11.5 Å². The maximum Gasteiger partial charge on any atom is 0.123 e. The molecule has 1 aliphatic rings. The van der Waals surface area contributed by atoms with Crippen LogP contribution >= 0.6 is 11.8 Å². The summed E-state index contributed by atoms with van der Waals surface area (Å²) in [5.41, 5.74) is 1.19. The lowest BCUT2D eigenvalue weighted by Gasteiger charge is -2.22. The van der Waals surface area contributed by atoms with E-state index in [1.54, 1.807) is 14.2 Å². The third-order valence-electron chi connectivity index (χ3n) is 3.28.